The minimum atomic E-state index is -1.59. The number of rotatable bonds is 5. The van der Waals surface area contributed by atoms with Crippen molar-refractivity contribution in [3.63, 3.8) is 0 Å². The molecule has 4 aromatic rings. The molecule has 2 heterocycles. The zero-order valence-electron chi connectivity index (χ0n) is 21.6. The van der Waals surface area contributed by atoms with Gasteiger partial charge in [0.15, 0.2) is 11.3 Å². The molecule has 3 atom stereocenters. The van der Waals surface area contributed by atoms with Gasteiger partial charge in [-0.15, -0.1) is 0 Å². The zero-order chi connectivity index (χ0) is 27.9. The Morgan fingerprint density at radius 2 is 1.60 bits per heavy atom. The quantitative estimate of drug-likeness (QED) is 0.260. The highest BCUT2D eigenvalue weighted by Gasteiger charge is 2.67. The number of ether oxygens (including phenoxy) is 1. The third kappa shape index (κ3) is 4.07. The van der Waals surface area contributed by atoms with Crippen molar-refractivity contribution in [1.29, 1.82) is 0 Å². The lowest BCUT2D eigenvalue weighted by Crippen LogP contribution is -2.55. The van der Waals surface area contributed by atoms with Crippen LogP contribution in [0.5, 0.6) is 5.75 Å². The van der Waals surface area contributed by atoms with Gasteiger partial charge in [-0.25, -0.2) is 4.79 Å². The largest absolute Gasteiger partial charge is 0.496 e. The highest BCUT2D eigenvalue weighted by molar-refractivity contribution is 9.10. The van der Waals surface area contributed by atoms with Crippen molar-refractivity contribution in [2.75, 3.05) is 24.3 Å². The fraction of sp³-hybridized carbons (Fsp3) is 0.156. The summed E-state index contributed by atoms with van der Waals surface area (Å²) < 4.78 is 6.58. The molecule has 200 valence electrons. The Morgan fingerprint density at radius 3 is 2.35 bits per heavy atom. The lowest BCUT2D eigenvalue weighted by molar-refractivity contribution is -0.126. The molecule has 1 saturated heterocycles. The smallest absolute Gasteiger partial charge is 0.323 e. The second kappa shape index (κ2) is 10.3. The summed E-state index contributed by atoms with van der Waals surface area (Å²) in [6, 6.07) is 30.4. The number of halogens is 1. The summed E-state index contributed by atoms with van der Waals surface area (Å²) in [5.74, 6) is -1.49. The number of nitrogens with one attached hydrogen (secondary N) is 2. The maximum Gasteiger partial charge on any atom is 0.323 e. The molecule has 6 rings (SSSR count). The van der Waals surface area contributed by atoms with Crippen LogP contribution in [0, 0.1) is 5.92 Å². The first kappa shape index (κ1) is 25.8. The molecule has 2 aliphatic heterocycles. The SMILES string of the molecule is COc1ccccc1C1CN(C(=O)Nc2ccc(Br)cc2)C2(C(=O)Nc3ccccc32)C1C(=O)c1ccccc1. The van der Waals surface area contributed by atoms with Crippen LogP contribution in [0.4, 0.5) is 16.2 Å². The van der Waals surface area contributed by atoms with Crippen LogP contribution >= 0.6 is 15.9 Å². The van der Waals surface area contributed by atoms with Gasteiger partial charge in [-0.2, -0.15) is 0 Å². The summed E-state index contributed by atoms with van der Waals surface area (Å²) in [4.78, 5) is 44.4. The van der Waals surface area contributed by atoms with E-state index in [1.807, 2.05) is 60.7 Å². The first-order valence-corrected chi connectivity index (χ1v) is 13.7. The first-order valence-electron chi connectivity index (χ1n) is 12.9. The minimum Gasteiger partial charge on any atom is -0.496 e. The number of amides is 3. The summed E-state index contributed by atoms with van der Waals surface area (Å²) in [7, 11) is 1.58. The third-order valence-electron chi connectivity index (χ3n) is 7.81. The number of para-hydroxylation sites is 2. The number of anilines is 2. The minimum absolute atomic E-state index is 0.119. The molecule has 1 fully saturated rings. The number of fused-ring (bicyclic) bond motifs is 2. The van der Waals surface area contributed by atoms with Crippen LogP contribution in [0.1, 0.15) is 27.4 Å². The van der Waals surface area contributed by atoms with Crippen LogP contribution in [0.15, 0.2) is 108 Å². The molecule has 0 saturated carbocycles. The summed E-state index contributed by atoms with van der Waals surface area (Å²) in [5.41, 5.74) is 1.39. The third-order valence-corrected chi connectivity index (χ3v) is 8.34. The van der Waals surface area contributed by atoms with Crippen molar-refractivity contribution in [3.8, 4) is 5.75 Å². The number of nitrogens with zero attached hydrogens (tertiary/aromatic N) is 1. The van der Waals surface area contributed by atoms with Gasteiger partial charge in [0, 0.05) is 39.4 Å². The van der Waals surface area contributed by atoms with Crippen molar-refractivity contribution in [2.45, 2.75) is 11.5 Å². The average molecular weight is 596 g/mol. The molecular formula is C32H26BrN3O4. The normalized spacial score (nSPS) is 21.1. The van der Waals surface area contributed by atoms with Crippen molar-refractivity contribution < 1.29 is 19.1 Å². The number of carbonyl (C=O) groups is 3. The number of hydrogen-bond acceptors (Lipinski definition) is 4. The van der Waals surface area contributed by atoms with Crippen molar-refractivity contribution in [2.24, 2.45) is 5.92 Å². The maximum atomic E-state index is 14.5. The van der Waals surface area contributed by atoms with Gasteiger partial charge in [-0.1, -0.05) is 82.7 Å². The van der Waals surface area contributed by atoms with E-state index in [0.717, 1.165) is 10.0 Å². The molecule has 40 heavy (non-hydrogen) atoms. The van der Waals surface area contributed by atoms with E-state index in [4.69, 9.17) is 4.74 Å². The van der Waals surface area contributed by atoms with Crippen LogP contribution < -0.4 is 15.4 Å². The van der Waals surface area contributed by atoms with E-state index in [-0.39, 0.29) is 12.3 Å². The summed E-state index contributed by atoms with van der Waals surface area (Å²) >= 11 is 3.42. The van der Waals surface area contributed by atoms with Gasteiger partial charge in [0.25, 0.3) is 5.91 Å². The van der Waals surface area contributed by atoms with E-state index >= 15 is 0 Å². The summed E-state index contributed by atoms with van der Waals surface area (Å²) in [6.07, 6.45) is 0. The highest BCUT2D eigenvalue weighted by atomic mass is 79.9. The Kier molecular flexibility index (Phi) is 6.64. The number of hydrogen-bond donors (Lipinski definition) is 2. The van der Waals surface area contributed by atoms with Gasteiger partial charge in [-0.05, 0) is 42.0 Å². The molecule has 0 bridgehead atoms. The Bertz CT molecular complexity index is 1610. The Hall–Kier alpha value is -4.43. The maximum absolute atomic E-state index is 14.5. The molecule has 0 radical (unpaired) electrons. The highest BCUT2D eigenvalue weighted by Crippen LogP contribution is 2.57. The number of methoxy groups -OCH3 is 1. The van der Waals surface area contributed by atoms with Crippen LogP contribution in [0.25, 0.3) is 0 Å². The molecule has 3 amide bonds. The van der Waals surface area contributed by atoms with E-state index < -0.39 is 29.3 Å². The van der Waals surface area contributed by atoms with Gasteiger partial charge in [0.2, 0.25) is 0 Å². The first-order chi connectivity index (χ1) is 19.4. The lowest BCUT2D eigenvalue weighted by atomic mass is 9.70. The van der Waals surface area contributed by atoms with Crippen LogP contribution in [-0.2, 0) is 10.3 Å². The summed E-state index contributed by atoms with van der Waals surface area (Å²) in [5, 5.41) is 5.93. The Balaban J connectivity index is 1.57. The van der Waals surface area contributed by atoms with Gasteiger partial charge in [-0.3, -0.25) is 9.59 Å². The van der Waals surface area contributed by atoms with E-state index in [0.29, 0.717) is 28.3 Å². The molecule has 0 aliphatic carbocycles. The lowest BCUT2D eigenvalue weighted by Gasteiger charge is -2.37. The van der Waals surface area contributed by atoms with Gasteiger partial charge >= 0.3 is 6.03 Å². The molecule has 0 aromatic heterocycles. The van der Waals surface area contributed by atoms with Gasteiger partial charge < -0.3 is 20.3 Å². The van der Waals surface area contributed by atoms with Gasteiger partial charge in [0.1, 0.15) is 5.75 Å². The average Bonchev–Trinajstić information content (AvgIpc) is 3.49. The van der Waals surface area contributed by atoms with Crippen molar-refractivity contribution in [3.05, 3.63) is 124 Å². The molecule has 4 aromatic carbocycles. The Labute approximate surface area is 240 Å². The van der Waals surface area contributed by atoms with E-state index in [9.17, 15) is 14.4 Å². The van der Waals surface area contributed by atoms with E-state index in [1.165, 1.54) is 4.90 Å². The van der Waals surface area contributed by atoms with Crippen LogP contribution in [0.3, 0.4) is 0 Å². The molecule has 3 unspecified atom stereocenters. The topological polar surface area (TPSA) is 87.7 Å². The van der Waals surface area contributed by atoms with Crippen molar-refractivity contribution >= 4 is 45.0 Å². The predicted octanol–water partition coefficient (Wildman–Crippen LogP) is 6.44. The standard InChI is InChI=1S/C32H26BrN3O4/c1-40-27-14-8-5-11-23(27)24-19-36(31(39)34-22-17-15-21(33)16-18-22)32(25-12-6-7-13-26(25)35-30(32)38)28(24)29(37)20-9-3-2-4-10-20/h2-18,24,28H,19H2,1H3,(H,34,39)(H,35,38). The second-order valence-corrected chi connectivity index (χ2v) is 10.8. The fourth-order valence-electron chi connectivity index (χ4n) is 6.12. The predicted molar refractivity (Wildman–Crippen MR) is 157 cm³/mol. The number of benzene rings is 4. The number of urea groups is 1. The molecule has 8 heteroatoms. The van der Waals surface area contributed by atoms with Gasteiger partial charge in [0.05, 0.1) is 13.0 Å². The monoisotopic (exact) mass is 595 g/mol. The number of carbonyl (C=O) groups excluding carboxylic acids is 3. The van der Waals surface area contributed by atoms with E-state index in [1.54, 1.807) is 49.6 Å². The van der Waals surface area contributed by atoms with E-state index in [2.05, 4.69) is 26.6 Å². The fourth-order valence-corrected chi connectivity index (χ4v) is 6.38. The molecule has 1 spiro atoms. The molecular weight excluding hydrogens is 570 g/mol. The summed E-state index contributed by atoms with van der Waals surface area (Å²) in [6.45, 7) is 0.119. The zero-order valence-corrected chi connectivity index (χ0v) is 23.2. The van der Waals surface area contributed by atoms with Crippen molar-refractivity contribution in [1.82, 2.24) is 4.90 Å². The van der Waals surface area contributed by atoms with Crippen LogP contribution in [-0.4, -0.2) is 36.3 Å². The second-order valence-electron chi connectivity index (χ2n) is 9.87. The number of ketones is 1. The molecule has 2 N–H and O–H groups in total. The number of Topliss-reactive ketones (excluding diaryl/α,β-unsaturated/α-hetero) is 1. The Morgan fingerprint density at radius 1 is 0.925 bits per heavy atom. The molecule has 2 aliphatic rings. The number of likely N-dealkylation sites (tertiary alicyclic amines) is 1. The molecule has 7 nitrogen and oxygen atoms in total. The van der Waals surface area contributed by atoms with Crippen LogP contribution in [0.2, 0.25) is 0 Å².